The number of carbonyl (C=O) groups is 1. The largest absolute Gasteiger partial charge is 0.378 e. The van der Waals surface area contributed by atoms with E-state index in [-0.39, 0.29) is 18.0 Å². The van der Waals surface area contributed by atoms with Gasteiger partial charge in [-0.05, 0) is 6.07 Å². The van der Waals surface area contributed by atoms with Crippen molar-refractivity contribution in [3.05, 3.63) is 59.9 Å². The molecule has 1 amide bonds. The Hall–Kier alpha value is -3.86. The number of morpholine rings is 1. The lowest BCUT2D eigenvalue weighted by Crippen LogP contribution is -2.41. The summed E-state index contributed by atoms with van der Waals surface area (Å²) in [7, 11) is 1.82. The second kappa shape index (κ2) is 8.35. The van der Waals surface area contributed by atoms with Gasteiger partial charge in [0.25, 0.3) is 5.91 Å². The lowest BCUT2D eigenvalue weighted by molar-refractivity contribution is 0.0299. The average Bonchev–Trinajstić information content (AvgIpc) is 3.41. The molecule has 32 heavy (non-hydrogen) atoms. The molecule has 3 aromatic heterocycles. The van der Waals surface area contributed by atoms with Gasteiger partial charge in [0.1, 0.15) is 5.82 Å². The van der Waals surface area contributed by atoms with Crippen LogP contribution in [-0.2, 0) is 18.3 Å². The molecule has 1 aliphatic heterocycles. The number of aromatic nitrogens is 6. The van der Waals surface area contributed by atoms with Crippen LogP contribution in [0.5, 0.6) is 0 Å². The van der Waals surface area contributed by atoms with E-state index >= 15 is 4.39 Å². The molecule has 164 valence electrons. The summed E-state index contributed by atoms with van der Waals surface area (Å²) < 4.78 is 23.8. The first-order chi connectivity index (χ1) is 15.6. The van der Waals surface area contributed by atoms with Crippen molar-refractivity contribution in [2.45, 2.75) is 6.54 Å². The number of ether oxygens (including phenoxy) is 1. The standard InChI is InChI=1S/C21H21FN8O2/c1-28-13-16(11-24-28)26-21-23-9-15-10-25-30(19(15)27-21)12-14-3-2-4-17(18(14)22)20(31)29-5-7-32-8-6-29/h2-4,9-11,13H,5-8,12H2,1H3,(H,23,26,27). The topological polar surface area (TPSA) is 103 Å². The maximum Gasteiger partial charge on any atom is 0.256 e. The van der Waals surface area contributed by atoms with Gasteiger partial charge in [0.2, 0.25) is 5.95 Å². The van der Waals surface area contributed by atoms with Gasteiger partial charge in [-0.3, -0.25) is 9.48 Å². The molecule has 1 fully saturated rings. The van der Waals surface area contributed by atoms with Gasteiger partial charge in [-0.1, -0.05) is 12.1 Å². The van der Waals surface area contributed by atoms with Crippen molar-refractivity contribution in [1.82, 2.24) is 34.4 Å². The lowest BCUT2D eigenvalue weighted by atomic mass is 10.1. The SMILES string of the molecule is Cn1cc(Nc2ncc3cnn(Cc4cccc(C(=O)N5CCOCC5)c4F)c3n2)cn1. The summed E-state index contributed by atoms with van der Waals surface area (Å²) in [5.41, 5.74) is 1.71. The highest BCUT2D eigenvalue weighted by atomic mass is 19.1. The molecule has 0 radical (unpaired) electrons. The van der Waals surface area contributed by atoms with Crippen LogP contribution in [0.2, 0.25) is 0 Å². The molecule has 1 N–H and O–H groups in total. The number of fused-ring (bicyclic) bond motifs is 1. The van der Waals surface area contributed by atoms with Gasteiger partial charge in [-0.15, -0.1) is 0 Å². The third-order valence-electron chi connectivity index (χ3n) is 5.27. The number of hydrogen-bond donors (Lipinski definition) is 1. The van der Waals surface area contributed by atoms with Gasteiger partial charge in [-0.2, -0.15) is 15.2 Å². The number of rotatable bonds is 5. The minimum Gasteiger partial charge on any atom is -0.378 e. The van der Waals surface area contributed by atoms with E-state index < -0.39 is 5.82 Å². The molecule has 0 unspecified atom stereocenters. The van der Waals surface area contributed by atoms with E-state index in [1.807, 2.05) is 7.05 Å². The zero-order valence-corrected chi connectivity index (χ0v) is 17.4. The van der Waals surface area contributed by atoms with Crippen LogP contribution in [0.1, 0.15) is 15.9 Å². The van der Waals surface area contributed by atoms with E-state index in [4.69, 9.17) is 4.74 Å². The number of hydrogen-bond acceptors (Lipinski definition) is 7. The summed E-state index contributed by atoms with van der Waals surface area (Å²) in [4.78, 5) is 23.2. The Morgan fingerprint density at radius 1 is 1.19 bits per heavy atom. The molecule has 1 aliphatic rings. The Labute approximate surface area is 182 Å². The van der Waals surface area contributed by atoms with E-state index in [0.717, 1.165) is 11.1 Å². The first-order valence-corrected chi connectivity index (χ1v) is 10.2. The van der Waals surface area contributed by atoms with Crippen molar-refractivity contribution in [2.24, 2.45) is 7.05 Å². The number of benzene rings is 1. The van der Waals surface area contributed by atoms with Gasteiger partial charge < -0.3 is 15.0 Å². The quantitative estimate of drug-likeness (QED) is 0.510. The Bertz CT molecular complexity index is 1280. The van der Waals surface area contributed by atoms with Crippen LogP contribution in [0.4, 0.5) is 16.0 Å². The highest BCUT2D eigenvalue weighted by molar-refractivity contribution is 5.94. The lowest BCUT2D eigenvalue weighted by Gasteiger charge is -2.27. The number of nitrogens with zero attached hydrogens (tertiary/aromatic N) is 7. The van der Waals surface area contributed by atoms with Gasteiger partial charge in [0, 0.05) is 38.1 Å². The maximum atomic E-state index is 15.3. The number of anilines is 2. The smallest absolute Gasteiger partial charge is 0.256 e. The second-order valence-corrected chi connectivity index (χ2v) is 7.49. The summed E-state index contributed by atoms with van der Waals surface area (Å²) >= 11 is 0. The molecule has 0 atom stereocenters. The van der Waals surface area contributed by atoms with Crippen LogP contribution in [0, 0.1) is 5.82 Å². The van der Waals surface area contributed by atoms with Crippen molar-refractivity contribution in [2.75, 3.05) is 31.6 Å². The maximum absolute atomic E-state index is 15.3. The zero-order valence-electron chi connectivity index (χ0n) is 17.4. The van der Waals surface area contributed by atoms with Crippen LogP contribution in [0.3, 0.4) is 0 Å². The summed E-state index contributed by atoms with van der Waals surface area (Å²) in [5, 5.41) is 12.3. The van der Waals surface area contributed by atoms with Gasteiger partial charge in [-0.25, -0.2) is 14.1 Å². The molecule has 0 saturated carbocycles. The number of aryl methyl sites for hydroxylation is 1. The first-order valence-electron chi connectivity index (χ1n) is 10.2. The number of amides is 1. The molecular weight excluding hydrogens is 415 g/mol. The van der Waals surface area contributed by atoms with Crippen molar-refractivity contribution in [3.8, 4) is 0 Å². The van der Waals surface area contributed by atoms with Gasteiger partial charge in [0.15, 0.2) is 5.65 Å². The monoisotopic (exact) mass is 436 g/mol. The summed E-state index contributed by atoms with van der Waals surface area (Å²) in [5.74, 6) is -0.498. The van der Waals surface area contributed by atoms with Crippen LogP contribution in [0.25, 0.3) is 11.0 Å². The fourth-order valence-electron chi connectivity index (χ4n) is 3.62. The highest BCUT2D eigenvalue weighted by Crippen LogP contribution is 2.20. The molecule has 0 bridgehead atoms. The van der Waals surface area contributed by atoms with Crippen LogP contribution in [-0.4, -0.2) is 66.6 Å². The highest BCUT2D eigenvalue weighted by Gasteiger charge is 2.23. The molecule has 5 rings (SSSR count). The third-order valence-corrected chi connectivity index (χ3v) is 5.27. The minimum absolute atomic E-state index is 0.0504. The minimum atomic E-state index is -0.546. The predicted molar refractivity (Wildman–Crippen MR) is 114 cm³/mol. The molecule has 1 aromatic carbocycles. The molecule has 4 aromatic rings. The Morgan fingerprint density at radius 2 is 2.03 bits per heavy atom. The summed E-state index contributed by atoms with van der Waals surface area (Å²) in [6.07, 6.45) is 6.75. The molecular formula is C21H21FN8O2. The van der Waals surface area contributed by atoms with Crippen LogP contribution in [0.15, 0.2) is 43.0 Å². The zero-order chi connectivity index (χ0) is 22.1. The van der Waals surface area contributed by atoms with Gasteiger partial charge >= 0.3 is 0 Å². The van der Waals surface area contributed by atoms with Crippen molar-refractivity contribution in [3.63, 3.8) is 0 Å². The molecule has 0 spiro atoms. The third kappa shape index (κ3) is 3.89. The van der Waals surface area contributed by atoms with Crippen LogP contribution < -0.4 is 5.32 Å². The molecule has 4 heterocycles. The molecule has 0 aliphatic carbocycles. The number of nitrogens with one attached hydrogen (secondary N) is 1. The Balaban J connectivity index is 1.41. The Kier molecular flexibility index (Phi) is 5.23. The fraction of sp³-hybridized carbons (Fsp3) is 0.286. The van der Waals surface area contributed by atoms with E-state index in [2.05, 4.69) is 25.5 Å². The molecule has 1 saturated heterocycles. The van der Waals surface area contributed by atoms with E-state index in [9.17, 15) is 4.79 Å². The van der Waals surface area contributed by atoms with Crippen molar-refractivity contribution >= 4 is 28.6 Å². The second-order valence-electron chi connectivity index (χ2n) is 7.49. The fourth-order valence-corrected chi connectivity index (χ4v) is 3.62. The predicted octanol–water partition coefficient (Wildman–Crippen LogP) is 1.96. The Morgan fingerprint density at radius 3 is 2.81 bits per heavy atom. The molecule has 10 nitrogen and oxygen atoms in total. The van der Waals surface area contributed by atoms with Gasteiger partial charge in [0.05, 0.1) is 48.8 Å². The average molecular weight is 436 g/mol. The number of carbonyl (C=O) groups excluding carboxylic acids is 1. The number of halogens is 1. The van der Waals surface area contributed by atoms with E-state index in [1.165, 1.54) is 6.07 Å². The van der Waals surface area contributed by atoms with Crippen molar-refractivity contribution in [1.29, 1.82) is 0 Å². The summed E-state index contributed by atoms with van der Waals surface area (Å²) in [6, 6.07) is 4.84. The normalized spacial score (nSPS) is 14.1. The first kappa shape index (κ1) is 20.1. The molecule has 11 heteroatoms. The van der Waals surface area contributed by atoms with E-state index in [1.54, 1.807) is 51.2 Å². The summed E-state index contributed by atoms with van der Waals surface area (Å²) in [6.45, 7) is 1.96. The van der Waals surface area contributed by atoms with Crippen molar-refractivity contribution < 1.29 is 13.9 Å². The van der Waals surface area contributed by atoms with Crippen LogP contribution >= 0.6 is 0 Å². The van der Waals surface area contributed by atoms with E-state index in [0.29, 0.717) is 43.5 Å².